The normalized spacial score (nSPS) is 29.6. The topological polar surface area (TPSA) is 9.23 Å². The molecule has 0 amide bonds. The smallest absolute Gasteiger partial charge is 0.0547 e. The minimum Gasteiger partial charge on any atom is -0.378 e. The molecular weight excluding hydrogens is 292 g/mol. The summed E-state index contributed by atoms with van der Waals surface area (Å²) in [4.78, 5) is 0. The van der Waals surface area contributed by atoms with Gasteiger partial charge in [0.2, 0.25) is 0 Å². The Labute approximate surface area is 152 Å². The second kappa shape index (κ2) is 11.7. The van der Waals surface area contributed by atoms with E-state index in [9.17, 15) is 0 Å². The van der Waals surface area contributed by atoms with E-state index in [0.717, 1.165) is 24.4 Å². The van der Waals surface area contributed by atoms with Crippen LogP contribution in [0.1, 0.15) is 78.8 Å². The molecule has 1 saturated carbocycles. The van der Waals surface area contributed by atoms with Gasteiger partial charge in [-0.2, -0.15) is 0 Å². The van der Waals surface area contributed by atoms with E-state index in [-0.39, 0.29) is 1.43 Å². The average Bonchev–Trinajstić information content (AvgIpc) is 2.57. The molecule has 1 heterocycles. The van der Waals surface area contributed by atoms with Crippen molar-refractivity contribution < 1.29 is 6.16 Å². The van der Waals surface area contributed by atoms with E-state index in [1.54, 1.807) is 0 Å². The van der Waals surface area contributed by atoms with Crippen LogP contribution in [0.15, 0.2) is 24.3 Å². The third-order valence-electron chi connectivity index (χ3n) is 5.25. The fraction of sp³-hybridized carbons (Fsp3) is 0.739. The van der Waals surface area contributed by atoms with Gasteiger partial charge in [0.15, 0.2) is 0 Å². The molecule has 0 bridgehead atoms. The van der Waals surface area contributed by atoms with Gasteiger partial charge in [0.1, 0.15) is 0 Å². The van der Waals surface area contributed by atoms with Crippen LogP contribution in [0.2, 0.25) is 0 Å². The molecule has 2 atom stereocenters. The Bertz CT molecular complexity index is 351. The van der Waals surface area contributed by atoms with Crippen molar-refractivity contribution in [2.45, 2.75) is 86.2 Å². The van der Waals surface area contributed by atoms with Crippen molar-refractivity contribution in [1.82, 2.24) is 0 Å². The van der Waals surface area contributed by atoms with Gasteiger partial charge < -0.3 is 4.74 Å². The summed E-state index contributed by atoms with van der Waals surface area (Å²) in [6, 6.07) is 8.48. The van der Waals surface area contributed by atoms with Crippen molar-refractivity contribution in [3.8, 4) is 0 Å². The highest BCUT2D eigenvalue weighted by molar-refractivity contribution is 5.19. The molecule has 1 aromatic rings. The standard InChI is InChI=1S/C8H16.C8H10.C7H14O.H2/c2*1-7-3-5-8(2)6-4-7;1-6-3-4-7(2)8-5-6;/h7-8H,3-6H2,1-2H3;3-6H,1-2H3;6-7H,3-5H2,1-2H3;1H. The summed E-state index contributed by atoms with van der Waals surface area (Å²) in [6.45, 7) is 14.3. The molecule has 1 aliphatic heterocycles. The molecular formula is C23H42O. The lowest BCUT2D eigenvalue weighted by Gasteiger charge is -2.23. The number of aryl methyl sites for hydroxylation is 2. The predicted octanol–water partition coefficient (Wildman–Crippen LogP) is 7.20. The van der Waals surface area contributed by atoms with E-state index < -0.39 is 0 Å². The van der Waals surface area contributed by atoms with E-state index in [2.05, 4.69) is 65.8 Å². The zero-order valence-electron chi connectivity index (χ0n) is 17.0. The molecule has 140 valence electrons. The Hall–Kier alpha value is -0.820. The maximum Gasteiger partial charge on any atom is 0.0547 e. The van der Waals surface area contributed by atoms with Crippen LogP contribution in [0.4, 0.5) is 0 Å². The fourth-order valence-corrected chi connectivity index (χ4v) is 3.08. The summed E-state index contributed by atoms with van der Waals surface area (Å²) in [5.74, 6) is 2.84. The van der Waals surface area contributed by atoms with Crippen LogP contribution in [0.25, 0.3) is 0 Å². The maximum absolute atomic E-state index is 5.39. The highest BCUT2D eigenvalue weighted by Gasteiger charge is 2.13. The summed E-state index contributed by atoms with van der Waals surface area (Å²) >= 11 is 0. The highest BCUT2D eigenvalue weighted by atomic mass is 16.5. The Morgan fingerprint density at radius 2 is 1.04 bits per heavy atom. The van der Waals surface area contributed by atoms with E-state index in [1.165, 1.54) is 49.7 Å². The third kappa shape index (κ3) is 10.1. The number of hydrogen-bond donors (Lipinski definition) is 0. The first kappa shape index (κ1) is 21.2. The number of rotatable bonds is 0. The molecule has 0 N–H and O–H groups in total. The molecule has 0 radical (unpaired) electrons. The summed E-state index contributed by atoms with van der Waals surface area (Å²) < 4.78 is 5.39. The van der Waals surface area contributed by atoms with Crippen molar-refractivity contribution in [2.75, 3.05) is 6.61 Å². The molecule has 1 heteroatoms. The van der Waals surface area contributed by atoms with Crippen LogP contribution >= 0.6 is 0 Å². The van der Waals surface area contributed by atoms with Gasteiger partial charge in [0.25, 0.3) is 0 Å². The number of ether oxygens (including phenoxy) is 1. The zero-order valence-corrected chi connectivity index (χ0v) is 17.0. The Morgan fingerprint density at radius 3 is 1.33 bits per heavy atom. The largest absolute Gasteiger partial charge is 0.378 e. The van der Waals surface area contributed by atoms with Gasteiger partial charge in [-0.1, -0.05) is 81.8 Å². The molecule has 2 fully saturated rings. The van der Waals surface area contributed by atoms with Crippen LogP contribution in [0.3, 0.4) is 0 Å². The quantitative estimate of drug-likeness (QED) is 0.487. The first-order valence-electron chi connectivity index (χ1n) is 10.0. The maximum atomic E-state index is 5.39. The SMILES string of the molecule is CC1CCC(C)CC1.CC1CCC(C)OC1.Cc1ccc(C)cc1.[HH]. The molecule has 24 heavy (non-hydrogen) atoms. The lowest BCUT2D eigenvalue weighted by molar-refractivity contribution is 0.000267. The van der Waals surface area contributed by atoms with Crippen molar-refractivity contribution >= 4 is 0 Å². The van der Waals surface area contributed by atoms with Crippen LogP contribution in [0.5, 0.6) is 0 Å². The minimum atomic E-state index is 0. The van der Waals surface area contributed by atoms with Gasteiger partial charge in [-0.15, -0.1) is 0 Å². The molecule has 2 aliphatic rings. The Kier molecular flexibility index (Phi) is 10.3. The first-order valence-corrected chi connectivity index (χ1v) is 10.0. The molecule has 3 rings (SSSR count). The van der Waals surface area contributed by atoms with Gasteiger partial charge in [-0.3, -0.25) is 0 Å². The first-order chi connectivity index (χ1) is 11.4. The van der Waals surface area contributed by atoms with Crippen molar-refractivity contribution in [1.29, 1.82) is 0 Å². The summed E-state index contributed by atoms with van der Waals surface area (Å²) in [5.41, 5.74) is 2.66. The highest BCUT2D eigenvalue weighted by Crippen LogP contribution is 2.27. The lowest BCUT2D eigenvalue weighted by Crippen LogP contribution is -2.21. The lowest BCUT2D eigenvalue weighted by atomic mass is 9.84. The molecule has 2 unspecified atom stereocenters. The van der Waals surface area contributed by atoms with Crippen LogP contribution < -0.4 is 0 Å². The van der Waals surface area contributed by atoms with E-state index in [1.807, 2.05) is 0 Å². The molecule has 1 aliphatic carbocycles. The van der Waals surface area contributed by atoms with E-state index >= 15 is 0 Å². The third-order valence-corrected chi connectivity index (χ3v) is 5.25. The molecule has 1 aromatic carbocycles. The fourth-order valence-electron chi connectivity index (χ4n) is 3.08. The van der Waals surface area contributed by atoms with Crippen LogP contribution in [0, 0.1) is 31.6 Å². The Balaban J connectivity index is 0.000000339. The number of hydrogen-bond acceptors (Lipinski definition) is 1. The van der Waals surface area contributed by atoms with Crippen molar-refractivity contribution in [2.24, 2.45) is 17.8 Å². The average molecular weight is 335 g/mol. The van der Waals surface area contributed by atoms with E-state index in [4.69, 9.17) is 4.74 Å². The summed E-state index contributed by atoms with van der Waals surface area (Å²) in [5, 5.41) is 0. The molecule has 1 nitrogen and oxygen atoms in total. The van der Waals surface area contributed by atoms with Crippen LogP contribution in [-0.4, -0.2) is 12.7 Å². The van der Waals surface area contributed by atoms with Crippen molar-refractivity contribution in [3.05, 3.63) is 35.4 Å². The second-order valence-corrected chi connectivity index (χ2v) is 8.35. The minimum absolute atomic E-state index is 0. The van der Waals surface area contributed by atoms with Gasteiger partial charge in [-0.05, 0) is 51.4 Å². The monoisotopic (exact) mass is 334 g/mol. The predicted molar refractivity (Wildman–Crippen MR) is 109 cm³/mol. The zero-order chi connectivity index (χ0) is 17.9. The molecule has 0 spiro atoms. The van der Waals surface area contributed by atoms with E-state index in [0.29, 0.717) is 6.10 Å². The summed E-state index contributed by atoms with van der Waals surface area (Å²) in [6.07, 6.45) is 9.01. The van der Waals surface area contributed by atoms with Crippen LogP contribution in [-0.2, 0) is 4.74 Å². The molecule has 0 aromatic heterocycles. The van der Waals surface area contributed by atoms with Gasteiger partial charge in [0.05, 0.1) is 6.10 Å². The molecule has 1 saturated heterocycles. The summed E-state index contributed by atoms with van der Waals surface area (Å²) in [7, 11) is 0. The van der Waals surface area contributed by atoms with Gasteiger partial charge in [0, 0.05) is 8.03 Å². The van der Waals surface area contributed by atoms with Gasteiger partial charge >= 0.3 is 0 Å². The van der Waals surface area contributed by atoms with Gasteiger partial charge in [-0.25, -0.2) is 0 Å². The van der Waals surface area contributed by atoms with Crippen molar-refractivity contribution in [3.63, 3.8) is 0 Å². The second-order valence-electron chi connectivity index (χ2n) is 8.35. The Morgan fingerprint density at radius 1 is 0.667 bits per heavy atom. The number of benzene rings is 1.